The highest BCUT2D eigenvalue weighted by atomic mass is 15.0. The van der Waals surface area contributed by atoms with Crippen LogP contribution in [0.4, 0.5) is 5.95 Å². The summed E-state index contributed by atoms with van der Waals surface area (Å²) < 4.78 is 0. The summed E-state index contributed by atoms with van der Waals surface area (Å²) in [6.07, 6.45) is 1.94. The Morgan fingerprint density at radius 2 is 2.06 bits per heavy atom. The van der Waals surface area contributed by atoms with Crippen LogP contribution in [0.1, 0.15) is 22.5 Å². The van der Waals surface area contributed by atoms with Crippen LogP contribution in [0.5, 0.6) is 0 Å². The molecule has 0 atom stereocenters. The van der Waals surface area contributed by atoms with Gasteiger partial charge in [-0.2, -0.15) is 0 Å². The smallest absolute Gasteiger partial charge is 0.197 e. The molecule has 0 bridgehead atoms. The molecule has 16 heavy (non-hydrogen) atoms. The number of nitrogens with one attached hydrogen (secondary N) is 1. The van der Waals surface area contributed by atoms with Crippen molar-refractivity contribution in [2.24, 2.45) is 0 Å². The first-order valence-corrected chi connectivity index (χ1v) is 5.51. The van der Waals surface area contributed by atoms with Gasteiger partial charge in [-0.15, -0.1) is 0 Å². The van der Waals surface area contributed by atoms with Crippen LogP contribution in [0, 0.1) is 13.8 Å². The van der Waals surface area contributed by atoms with E-state index in [9.17, 15) is 0 Å². The fourth-order valence-corrected chi connectivity index (χ4v) is 1.90. The standard InChI is InChI=1S/C13H17N3/c1-9-4-3-5-11(8-9)6-7-12-10(2)15-13(14)16-12/h3-5,8H,6-7H2,1-2H3,(H3,14,15,16). The largest absolute Gasteiger partial charge is 0.369 e. The zero-order valence-electron chi connectivity index (χ0n) is 9.75. The van der Waals surface area contributed by atoms with Gasteiger partial charge >= 0.3 is 0 Å². The predicted molar refractivity (Wildman–Crippen MR) is 66.3 cm³/mol. The number of imidazole rings is 1. The van der Waals surface area contributed by atoms with Crippen LogP contribution in [0.25, 0.3) is 0 Å². The molecule has 0 unspecified atom stereocenters. The zero-order valence-corrected chi connectivity index (χ0v) is 9.75. The highest BCUT2D eigenvalue weighted by Gasteiger charge is 2.04. The molecule has 0 amide bonds. The number of anilines is 1. The van der Waals surface area contributed by atoms with E-state index >= 15 is 0 Å². The summed E-state index contributed by atoms with van der Waals surface area (Å²) in [6.45, 7) is 4.12. The molecular formula is C13H17N3. The van der Waals surface area contributed by atoms with Gasteiger partial charge in [0.15, 0.2) is 5.95 Å². The lowest BCUT2D eigenvalue weighted by Gasteiger charge is -2.01. The van der Waals surface area contributed by atoms with Gasteiger partial charge in [0, 0.05) is 5.69 Å². The minimum absolute atomic E-state index is 0.511. The number of aromatic nitrogens is 2. The van der Waals surface area contributed by atoms with Gasteiger partial charge in [0.05, 0.1) is 5.69 Å². The Kier molecular flexibility index (Phi) is 2.95. The molecule has 0 saturated heterocycles. The van der Waals surface area contributed by atoms with Crippen LogP contribution in [-0.4, -0.2) is 9.97 Å². The van der Waals surface area contributed by atoms with E-state index in [2.05, 4.69) is 41.2 Å². The summed E-state index contributed by atoms with van der Waals surface area (Å²) in [5, 5.41) is 0. The second-order valence-corrected chi connectivity index (χ2v) is 4.18. The van der Waals surface area contributed by atoms with Gasteiger partial charge in [-0.3, -0.25) is 0 Å². The number of benzene rings is 1. The molecule has 0 aliphatic carbocycles. The third-order valence-electron chi connectivity index (χ3n) is 2.74. The quantitative estimate of drug-likeness (QED) is 0.826. The van der Waals surface area contributed by atoms with E-state index in [4.69, 9.17) is 5.73 Å². The highest BCUT2D eigenvalue weighted by molar-refractivity contribution is 5.27. The lowest BCUT2D eigenvalue weighted by atomic mass is 10.1. The summed E-state index contributed by atoms with van der Waals surface area (Å²) in [5.74, 6) is 0.511. The third-order valence-corrected chi connectivity index (χ3v) is 2.74. The van der Waals surface area contributed by atoms with Crippen molar-refractivity contribution in [3.05, 3.63) is 46.8 Å². The highest BCUT2D eigenvalue weighted by Crippen LogP contribution is 2.11. The van der Waals surface area contributed by atoms with Gasteiger partial charge < -0.3 is 10.7 Å². The first kappa shape index (κ1) is 10.7. The van der Waals surface area contributed by atoms with E-state index in [1.807, 2.05) is 6.92 Å². The summed E-state index contributed by atoms with van der Waals surface area (Å²) in [5.41, 5.74) is 10.4. The zero-order chi connectivity index (χ0) is 11.5. The van der Waals surface area contributed by atoms with E-state index in [1.165, 1.54) is 11.1 Å². The van der Waals surface area contributed by atoms with Crippen molar-refractivity contribution in [3.63, 3.8) is 0 Å². The van der Waals surface area contributed by atoms with Crippen molar-refractivity contribution in [1.29, 1.82) is 0 Å². The number of hydrogen-bond acceptors (Lipinski definition) is 2. The molecule has 0 saturated carbocycles. The minimum Gasteiger partial charge on any atom is -0.369 e. The molecule has 0 aliphatic rings. The molecule has 1 aromatic heterocycles. The fraction of sp³-hybridized carbons (Fsp3) is 0.308. The maximum atomic E-state index is 5.61. The number of nitrogens with zero attached hydrogens (tertiary/aromatic N) is 1. The average Bonchev–Trinajstić information content (AvgIpc) is 2.54. The number of nitrogens with two attached hydrogens (primary N) is 1. The second-order valence-electron chi connectivity index (χ2n) is 4.18. The predicted octanol–water partition coefficient (Wildman–Crippen LogP) is 2.39. The maximum Gasteiger partial charge on any atom is 0.197 e. The van der Waals surface area contributed by atoms with Crippen LogP contribution in [0.2, 0.25) is 0 Å². The van der Waals surface area contributed by atoms with Crippen LogP contribution in [0.3, 0.4) is 0 Å². The number of aryl methyl sites for hydroxylation is 4. The van der Waals surface area contributed by atoms with Crippen molar-refractivity contribution in [2.45, 2.75) is 26.7 Å². The van der Waals surface area contributed by atoms with Gasteiger partial charge in [0.2, 0.25) is 0 Å². The minimum atomic E-state index is 0.511. The van der Waals surface area contributed by atoms with Gasteiger partial charge in [0.25, 0.3) is 0 Å². The molecule has 3 N–H and O–H groups in total. The van der Waals surface area contributed by atoms with Gasteiger partial charge in [-0.1, -0.05) is 29.8 Å². The average molecular weight is 215 g/mol. The number of aromatic amines is 1. The van der Waals surface area contributed by atoms with Crippen LogP contribution < -0.4 is 5.73 Å². The molecule has 3 heteroatoms. The van der Waals surface area contributed by atoms with E-state index in [0.29, 0.717) is 5.95 Å². The Hall–Kier alpha value is -1.77. The fourth-order valence-electron chi connectivity index (χ4n) is 1.90. The maximum absolute atomic E-state index is 5.61. The number of rotatable bonds is 3. The third kappa shape index (κ3) is 2.42. The van der Waals surface area contributed by atoms with E-state index in [0.717, 1.165) is 24.2 Å². The Balaban J connectivity index is 2.05. The molecule has 2 rings (SSSR count). The van der Waals surface area contributed by atoms with E-state index < -0.39 is 0 Å². The first-order valence-electron chi connectivity index (χ1n) is 5.51. The van der Waals surface area contributed by atoms with Crippen molar-refractivity contribution < 1.29 is 0 Å². The van der Waals surface area contributed by atoms with Crippen LogP contribution in [-0.2, 0) is 12.8 Å². The molecular weight excluding hydrogens is 198 g/mol. The molecule has 84 valence electrons. The van der Waals surface area contributed by atoms with Crippen molar-refractivity contribution in [3.8, 4) is 0 Å². The van der Waals surface area contributed by atoms with E-state index in [-0.39, 0.29) is 0 Å². The molecule has 0 spiro atoms. The Labute approximate surface area is 95.7 Å². The lowest BCUT2D eigenvalue weighted by Crippen LogP contribution is -1.94. The number of H-pyrrole nitrogens is 1. The van der Waals surface area contributed by atoms with Gasteiger partial charge in [0.1, 0.15) is 0 Å². The Bertz CT molecular complexity index is 486. The Morgan fingerprint density at radius 1 is 1.25 bits per heavy atom. The topological polar surface area (TPSA) is 54.7 Å². The van der Waals surface area contributed by atoms with E-state index in [1.54, 1.807) is 0 Å². The second kappa shape index (κ2) is 4.39. The Morgan fingerprint density at radius 3 is 2.69 bits per heavy atom. The molecule has 0 radical (unpaired) electrons. The summed E-state index contributed by atoms with van der Waals surface area (Å²) in [6, 6.07) is 8.57. The van der Waals surface area contributed by atoms with Gasteiger partial charge in [-0.25, -0.2) is 4.98 Å². The molecule has 0 aliphatic heterocycles. The molecule has 1 heterocycles. The monoisotopic (exact) mass is 215 g/mol. The van der Waals surface area contributed by atoms with Gasteiger partial charge in [-0.05, 0) is 32.3 Å². The lowest BCUT2D eigenvalue weighted by molar-refractivity contribution is 0.913. The number of nitrogen functional groups attached to an aromatic ring is 1. The first-order chi connectivity index (χ1) is 7.65. The summed E-state index contributed by atoms with van der Waals surface area (Å²) >= 11 is 0. The normalized spacial score (nSPS) is 10.6. The van der Waals surface area contributed by atoms with Crippen molar-refractivity contribution in [1.82, 2.24) is 9.97 Å². The molecule has 3 nitrogen and oxygen atoms in total. The van der Waals surface area contributed by atoms with Crippen LogP contribution in [0.15, 0.2) is 24.3 Å². The SMILES string of the molecule is Cc1cccc(CCc2nc(N)[nH]c2C)c1. The van der Waals surface area contributed by atoms with Crippen molar-refractivity contribution in [2.75, 3.05) is 5.73 Å². The molecule has 0 fully saturated rings. The molecule has 2 aromatic rings. The van der Waals surface area contributed by atoms with Crippen LogP contribution >= 0.6 is 0 Å². The summed E-state index contributed by atoms with van der Waals surface area (Å²) in [7, 11) is 0. The summed E-state index contributed by atoms with van der Waals surface area (Å²) in [4.78, 5) is 7.29. The molecule has 1 aromatic carbocycles. The van der Waals surface area contributed by atoms with Crippen molar-refractivity contribution >= 4 is 5.95 Å². The number of hydrogen-bond donors (Lipinski definition) is 2.